The molecule has 2 aliphatic heterocycles. The van der Waals surface area contributed by atoms with Gasteiger partial charge in [0, 0.05) is 48.3 Å². The third-order valence-corrected chi connectivity index (χ3v) is 11.3. The molecule has 10 nitrogen and oxygen atoms in total. The Labute approximate surface area is 294 Å². The number of thiazole rings is 2. The number of carbonyl (C=O) groups is 2. The smallest absolute Gasteiger partial charge is 0.282 e. The minimum Gasteiger partial charge on any atom is -0.336 e. The number of carbonyl (C=O) groups excluding carboxylic acids is 2. The van der Waals surface area contributed by atoms with E-state index in [4.69, 9.17) is 0 Å². The van der Waals surface area contributed by atoms with Gasteiger partial charge in [-0.2, -0.15) is 20.4 Å². The second-order valence-corrected chi connectivity index (χ2v) is 15.2. The Morgan fingerprint density at radius 2 is 1.10 bits per heavy atom. The van der Waals surface area contributed by atoms with E-state index in [0.29, 0.717) is 47.3 Å². The fourth-order valence-electron chi connectivity index (χ4n) is 6.63. The van der Waals surface area contributed by atoms with Gasteiger partial charge >= 0.3 is 0 Å². The lowest BCUT2D eigenvalue weighted by molar-refractivity contribution is -0.119. The van der Waals surface area contributed by atoms with Crippen LogP contribution in [0.15, 0.2) is 35.0 Å². The van der Waals surface area contributed by atoms with Gasteiger partial charge in [-0.05, 0) is 56.4 Å². The molecule has 3 fully saturated rings. The summed E-state index contributed by atoms with van der Waals surface area (Å²) in [6, 6.07) is 7.86. The van der Waals surface area contributed by atoms with Crippen LogP contribution in [0, 0.1) is 0 Å². The number of rotatable bonds is 14. The first-order chi connectivity index (χ1) is 24.0. The van der Waals surface area contributed by atoms with E-state index < -0.39 is 11.8 Å². The van der Waals surface area contributed by atoms with Gasteiger partial charge in [0.2, 0.25) is 0 Å². The van der Waals surface area contributed by atoms with Gasteiger partial charge in [-0.3, -0.25) is 9.59 Å². The number of ketones is 2. The average molecular weight is 729 g/mol. The first-order valence-corrected chi connectivity index (χ1v) is 18.6. The summed E-state index contributed by atoms with van der Waals surface area (Å²) in [5.74, 6) is -4.81. The Kier molecular flexibility index (Phi) is 9.92. The zero-order valence-electron chi connectivity index (χ0n) is 27.2. The number of Topliss-reactive ketones (excluding diaryl/α,β-unsaturated/α-hetero) is 2. The summed E-state index contributed by atoms with van der Waals surface area (Å²) in [5.41, 5.74) is 4.54. The Hall–Kier alpha value is -3.92. The molecule has 2 atom stereocenters. The fourth-order valence-corrected chi connectivity index (χ4v) is 8.28. The summed E-state index contributed by atoms with van der Waals surface area (Å²) in [6.07, 6.45) is 5.80. The molecule has 2 saturated heterocycles. The van der Waals surface area contributed by atoms with Crippen LogP contribution in [0.25, 0.3) is 0 Å². The molecule has 7 rings (SSSR count). The van der Waals surface area contributed by atoms with Crippen molar-refractivity contribution in [1.82, 2.24) is 30.4 Å². The number of anilines is 2. The fraction of sp³-hybridized carbons (Fsp3) is 0.529. The Morgan fingerprint density at radius 3 is 1.48 bits per heavy atom. The van der Waals surface area contributed by atoms with E-state index in [1.54, 1.807) is 10.8 Å². The molecule has 3 aliphatic rings. The van der Waals surface area contributed by atoms with E-state index in [-0.39, 0.29) is 62.4 Å². The SMILES string of the molecule is O=C(CCc1ccc(C2CCCC(c3ccc(CCC(=O)Cc4csc(N5CC(F)(F)C5)n4)nn3)C2)nn1)Cc1csc(N2CC(F)(F)C2)n1. The molecule has 4 aromatic heterocycles. The van der Waals surface area contributed by atoms with Gasteiger partial charge in [0.05, 0.1) is 60.3 Å². The molecule has 0 spiro atoms. The Bertz CT molecular complexity index is 1670. The second-order valence-electron chi connectivity index (χ2n) is 13.6. The highest BCUT2D eigenvalue weighted by Gasteiger charge is 2.46. The zero-order chi connectivity index (χ0) is 34.9. The number of aryl methyl sites for hydroxylation is 2. The molecule has 16 heteroatoms. The second kappa shape index (κ2) is 14.4. The van der Waals surface area contributed by atoms with Crippen LogP contribution in [0.2, 0.25) is 0 Å². The zero-order valence-corrected chi connectivity index (χ0v) is 28.9. The third-order valence-electron chi connectivity index (χ3n) is 9.38. The number of aromatic nitrogens is 6. The monoisotopic (exact) mass is 728 g/mol. The van der Waals surface area contributed by atoms with Gasteiger partial charge in [-0.25, -0.2) is 27.5 Å². The van der Waals surface area contributed by atoms with Gasteiger partial charge in [0.1, 0.15) is 11.6 Å². The van der Waals surface area contributed by atoms with Crippen LogP contribution in [0.1, 0.15) is 84.5 Å². The van der Waals surface area contributed by atoms with Gasteiger partial charge in [-0.1, -0.05) is 6.42 Å². The molecule has 0 amide bonds. The van der Waals surface area contributed by atoms with Crippen LogP contribution < -0.4 is 9.80 Å². The summed E-state index contributed by atoms with van der Waals surface area (Å²) in [6.45, 7) is -1.31. The first-order valence-electron chi connectivity index (χ1n) is 16.8. The van der Waals surface area contributed by atoms with E-state index in [9.17, 15) is 27.2 Å². The summed E-state index contributed by atoms with van der Waals surface area (Å²) in [5, 5.41) is 22.4. The summed E-state index contributed by atoms with van der Waals surface area (Å²) >= 11 is 2.56. The molecule has 6 heterocycles. The summed E-state index contributed by atoms with van der Waals surface area (Å²) < 4.78 is 52.6. The summed E-state index contributed by atoms with van der Waals surface area (Å²) in [4.78, 5) is 36.9. The van der Waals surface area contributed by atoms with Crippen LogP contribution in [0.5, 0.6) is 0 Å². The number of alkyl halides is 4. The van der Waals surface area contributed by atoms with Crippen molar-refractivity contribution >= 4 is 44.5 Å². The van der Waals surface area contributed by atoms with E-state index in [2.05, 4.69) is 30.4 Å². The Morgan fingerprint density at radius 1 is 0.660 bits per heavy atom. The van der Waals surface area contributed by atoms with Gasteiger partial charge in [0.25, 0.3) is 11.8 Å². The molecule has 0 radical (unpaired) electrons. The van der Waals surface area contributed by atoms with Gasteiger partial charge in [0.15, 0.2) is 10.3 Å². The molecule has 4 aromatic rings. The van der Waals surface area contributed by atoms with E-state index in [0.717, 1.165) is 48.5 Å². The Balaban J connectivity index is 0.836. The van der Waals surface area contributed by atoms with Crippen molar-refractivity contribution in [3.63, 3.8) is 0 Å². The normalized spacial score (nSPS) is 21.0. The van der Waals surface area contributed by atoms with Crippen molar-refractivity contribution in [2.45, 2.75) is 87.9 Å². The molecular weight excluding hydrogens is 693 g/mol. The topological polar surface area (TPSA) is 118 Å². The molecule has 0 aromatic carbocycles. The number of hydrogen-bond acceptors (Lipinski definition) is 12. The largest absolute Gasteiger partial charge is 0.336 e. The van der Waals surface area contributed by atoms with Crippen molar-refractivity contribution in [3.8, 4) is 0 Å². The molecule has 1 saturated carbocycles. The maximum atomic E-state index is 13.1. The van der Waals surface area contributed by atoms with Crippen molar-refractivity contribution in [2.24, 2.45) is 0 Å². The average Bonchev–Trinajstić information content (AvgIpc) is 3.74. The lowest BCUT2D eigenvalue weighted by Crippen LogP contribution is -2.56. The van der Waals surface area contributed by atoms with Crippen LogP contribution in [0.4, 0.5) is 27.8 Å². The van der Waals surface area contributed by atoms with Crippen molar-refractivity contribution < 1.29 is 27.2 Å². The van der Waals surface area contributed by atoms with Crippen LogP contribution in [-0.4, -0.2) is 80.0 Å². The van der Waals surface area contributed by atoms with Crippen molar-refractivity contribution in [2.75, 3.05) is 36.0 Å². The number of hydrogen-bond donors (Lipinski definition) is 0. The predicted molar refractivity (Wildman–Crippen MR) is 181 cm³/mol. The minimum atomic E-state index is -2.66. The molecule has 0 bridgehead atoms. The van der Waals surface area contributed by atoms with E-state index >= 15 is 0 Å². The molecule has 1 aliphatic carbocycles. The predicted octanol–water partition coefficient (Wildman–Crippen LogP) is 6.02. The molecule has 264 valence electrons. The maximum absolute atomic E-state index is 13.1. The highest BCUT2D eigenvalue weighted by atomic mass is 32.1. The number of halogens is 4. The van der Waals surface area contributed by atoms with Crippen LogP contribution in [-0.2, 0) is 35.3 Å². The third kappa shape index (κ3) is 8.50. The van der Waals surface area contributed by atoms with E-state index in [1.165, 1.54) is 32.5 Å². The van der Waals surface area contributed by atoms with Crippen LogP contribution in [0.3, 0.4) is 0 Å². The summed E-state index contributed by atoms with van der Waals surface area (Å²) in [7, 11) is 0. The number of nitrogens with zero attached hydrogens (tertiary/aromatic N) is 8. The lowest BCUT2D eigenvalue weighted by Gasteiger charge is -2.38. The van der Waals surface area contributed by atoms with Gasteiger partial charge < -0.3 is 9.80 Å². The van der Waals surface area contributed by atoms with E-state index in [1.807, 2.05) is 24.3 Å². The maximum Gasteiger partial charge on any atom is 0.282 e. The quantitative estimate of drug-likeness (QED) is 0.143. The first kappa shape index (κ1) is 34.5. The highest BCUT2D eigenvalue weighted by molar-refractivity contribution is 7.14. The molecule has 0 N–H and O–H groups in total. The van der Waals surface area contributed by atoms with Crippen molar-refractivity contribution in [3.05, 3.63) is 69.2 Å². The van der Waals surface area contributed by atoms with Gasteiger partial charge in [-0.15, -0.1) is 22.7 Å². The lowest BCUT2D eigenvalue weighted by atomic mass is 9.78. The minimum absolute atomic E-state index is 0.0146. The highest BCUT2D eigenvalue weighted by Crippen LogP contribution is 2.40. The van der Waals surface area contributed by atoms with Crippen molar-refractivity contribution in [1.29, 1.82) is 0 Å². The molecule has 50 heavy (non-hydrogen) atoms. The molecular formula is C34H36F4N8O2S2. The van der Waals surface area contributed by atoms with Crippen LogP contribution >= 0.6 is 22.7 Å². The molecule has 2 unspecified atom stereocenters. The standard InChI is InChI=1S/C34H36F4N8O2S2/c35-33(36)17-45(18-33)31-39-25(15-49-31)13-27(47)8-4-23-6-10-29(43-41-23)21-2-1-3-22(12-21)30-11-7-24(42-44-30)5-9-28(48)14-26-16-50-32(40-26)46-19-34(37,38)20-46/h6-7,10-11,15-16,21-22H,1-5,8-9,12-14,17-20H2.